The maximum absolute atomic E-state index is 14.2. The number of benzene rings is 3. The summed E-state index contributed by atoms with van der Waals surface area (Å²) in [5.74, 6) is 0.968. The van der Waals surface area contributed by atoms with E-state index in [-0.39, 0.29) is 17.9 Å². The molecule has 6 rings (SSSR count). The number of nitrogens with one attached hydrogen (secondary N) is 1. The van der Waals surface area contributed by atoms with Gasteiger partial charge < -0.3 is 19.4 Å². The third-order valence-corrected chi connectivity index (χ3v) is 8.73. The molecular weight excluding hydrogens is 522 g/mol. The van der Waals surface area contributed by atoms with Crippen molar-refractivity contribution in [1.29, 1.82) is 0 Å². The van der Waals surface area contributed by atoms with Gasteiger partial charge in [-0.2, -0.15) is 0 Å². The number of urea groups is 1. The molecule has 0 unspecified atom stereocenters. The van der Waals surface area contributed by atoms with Crippen LogP contribution in [0.5, 0.6) is 11.5 Å². The normalized spacial score (nSPS) is 20.1. The van der Waals surface area contributed by atoms with E-state index in [1.807, 2.05) is 80.8 Å². The summed E-state index contributed by atoms with van der Waals surface area (Å²) in [6, 6.07) is 21.4. The Balaban J connectivity index is 1.50. The fraction of sp³-hybridized carbons (Fsp3) is 0.312. The van der Waals surface area contributed by atoms with Crippen molar-refractivity contribution in [2.75, 3.05) is 30.9 Å². The molecule has 1 fully saturated rings. The number of rotatable bonds is 8. The molecule has 3 amide bonds. The van der Waals surface area contributed by atoms with Crippen LogP contribution in [0.4, 0.5) is 10.5 Å². The Morgan fingerprint density at radius 3 is 2.50 bits per heavy atom. The van der Waals surface area contributed by atoms with Crippen molar-refractivity contribution in [3.8, 4) is 11.5 Å². The van der Waals surface area contributed by atoms with Crippen LogP contribution in [-0.4, -0.2) is 47.8 Å². The molecule has 7 nitrogen and oxygen atoms in total. The van der Waals surface area contributed by atoms with Gasteiger partial charge in [-0.05, 0) is 80.1 Å². The highest BCUT2D eigenvalue weighted by Gasteiger charge is 2.60. The first-order valence-corrected chi connectivity index (χ1v) is 15.0. The van der Waals surface area contributed by atoms with Crippen LogP contribution >= 0.6 is 11.8 Å². The summed E-state index contributed by atoms with van der Waals surface area (Å²) in [5, 5.41) is 1.05. The summed E-state index contributed by atoms with van der Waals surface area (Å²) in [7, 11) is 0. The molecule has 40 heavy (non-hydrogen) atoms. The van der Waals surface area contributed by atoms with Crippen molar-refractivity contribution in [1.82, 2.24) is 9.88 Å². The zero-order valence-electron chi connectivity index (χ0n) is 23.2. The van der Waals surface area contributed by atoms with Crippen molar-refractivity contribution in [3.63, 3.8) is 0 Å². The lowest BCUT2D eigenvalue weighted by molar-refractivity contribution is -0.125. The van der Waals surface area contributed by atoms with Gasteiger partial charge in [0.1, 0.15) is 0 Å². The molecule has 206 valence electrons. The first-order chi connectivity index (χ1) is 19.4. The van der Waals surface area contributed by atoms with Crippen LogP contribution in [0.2, 0.25) is 0 Å². The summed E-state index contributed by atoms with van der Waals surface area (Å²) < 4.78 is 11.9. The molecule has 0 aliphatic carbocycles. The van der Waals surface area contributed by atoms with Crippen LogP contribution in [0, 0.1) is 0 Å². The van der Waals surface area contributed by atoms with Crippen LogP contribution in [0.25, 0.3) is 10.9 Å². The molecule has 2 aliphatic heterocycles. The van der Waals surface area contributed by atoms with Gasteiger partial charge in [-0.15, -0.1) is 11.8 Å². The van der Waals surface area contributed by atoms with Crippen molar-refractivity contribution in [2.45, 2.75) is 43.5 Å². The molecule has 4 aromatic rings. The number of fused-ring (bicyclic) bond motifs is 5. The van der Waals surface area contributed by atoms with Gasteiger partial charge in [0.25, 0.3) is 5.91 Å². The van der Waals surface area contributed by atoms with E-state index in [2.05, 4.69) is 18.0 Å². The van der Waals surface area contributed by atoms with Crippen LogP contribution in [-0.2, 0) is 10.3 Å². The summed E-state index contributed by atoms with van der Waals surface area (Å²) in [6.07, 6.45) is 2.90. The number of ether oxygens (including phenoxy) is 2. The molecule has 1 saturated heterocycles. The molecule has 0 saturated carbocycles. The van der Waals surface area contributed by atoms with Gasteiger partial charge in [0.15, 0.2) is 17.0 Å². The lowest BCUT2D eigenvalue weighted by Gasteiger charge is -2.40. The van der Waals surface area contributed by atoms with Crippen LogP contribution in [0.3, 0.4) is 0 Å². The molecule has 2 aliphatic rings. The molecule has 1 N–H and O–H groups in total. The monoisotopic (exact) mass is 555 g/mol. The van der Waals surface area contributed by atoms with Crippen LogP contribution in [0.1, 0.15) is 49.9 Å². The lowest BCUT2D eigenvalue weighted by Crippen LogP contribution is -2.50. The second-order valence-corrected chi connectivity index (χ2v) is 11.2. The number of thioether (sulfide) groups is 1. The van der Waals surface area contributed by atoms with E-state index >= 15 is 0 Å². The van der Waals surface area contributed by atoms with Crippen LogP contribution in [0.15, 0.2) is 71.6 Å². The number of hydrogen-bond donors (Lipinski definition) is 1. The van der Waals surface area contributed by atoms with E-state index in [1.165, 1.54) is 4.90 Å². The zero-order chi connectivity index (χ0) is 28.0. The minimum Gasteiger partial charge on any atom is -0.490 e. The first kappa shape index (κ1) is 26.3. The average Bonchev–Trinajstić information content (AvgIpc) is 3.46. The standard InChI is InChI=1S/C32H33N3O4S/c1-5-17-39-26-16-11-20(18-27(26)38-6-2)24-19-34-31(37)35(21-12-14-22(40-4)15-13-21)30(36)32(34,3)29-28(24)23-9-7-8-10-25(23)33-29/h7-16,18,24,33H,5-6,17,19H2,1-4H3/t24-,32+/m1/s1. The van der Waals surface area contributed by atoms with E-state index in [0.29, 0.717) is 36.9 Å². The van der Waals surface area contributed by atoms with E-state index in [9.17, 15) is 9.59 Å². The Bertz CT molecular complexity index is 1600. The highest BCUT2D eigenvalue weighted by atomic mass is 32.2. The van der Waals surface area contributed by atoms with E-state index in [1.54, 1.807) is 16.7 Å². The summed E-state index contributed by atoms with van der Waals surface area (Å²) in [5.41, 5.74) is 3.16. The molecule has 0 radical (unpaired) electrons. The van der Waals surface area contributed by atoms with Crippen molar-refractivity contribution < 1.29 is 19.1 Å². The summed E-state index contributed by atoms with van der Waals surface area (Å²) >= 11 is 1.62. The lowest BCUT2D eigenvalue weighted by atomic mass is 9.78. The van der Waals surface area contributed by atoms with Gasteiger partial charge in [0, 0.05) is 28.3 Å². The molecule has 2 atom stereocenters. The Morgan fingerprint density at radius 2 is 1.77 bits per heavy atom. The maximum atomic E-state index is 14.2. The van der Waals surface area contributed by atoms with E-state index in [4.69, 9.17) is 9.47 Å². The number of carbonyl (C=O) groups excluding carboxylic acids is 2. The zero-order valence-corrected chi connectivity index (χ0v) is 24.0. The van der Waals surface area contributed by atoms with Crippen LogP contribution < -0.4 is 14.4 Å². The SMILES string of the molecule is CCCOc1ccc([C@H]2CN3C(=O)N(c4ccc(SC)cc4)C(=O)[C@]3(C)c3[nH]c4ccccc4c32)cc1OCC. The van der Waals surface area contributed by atoms with E-state index < -0.39 is 5.54 Å². The smallest absolute Gasteiger partial charge is 0.332 e. The molecular formula is C32H33N3O4S. The van der Waals surface area contributed by atoms with Gasteiger partial charge in [-0.25, -0.2) is 9.69 Å². The van der Waals surface area contributed by atoms with Gasteiger partial charge in [0.05, 0.1) is 24.6 Å². The van der Waals surface area contributed by atoms with Crippen molar-refractivity contribution in [3.05, 3.63) is 83.6 Å². The number of amides is 3. The number of carbonyl (C=O) groups is 2. The quantitative estimate of drug-likeness (QED) is 0.189. The highest BCUT2D eigenvalue weighted by molar-refractivity contribution is 7.98. The number of imide groups is 1. The number of anilines is 1. The fourth-order valence-corrected chi connectivity index (χ4v) is 6.40. The summed E-state index contributed by atoms with van der Waals surface area (Å²) in [4.78, 5) is 35.9. The first-order valence-electron chi connectivity index (χ1n) is 13.7. The van der Waals surface area contributed by atoms with Crippen molar-refractivity contribution in [2.24, 2.45) is 0 Å². The number of nitrogens with zero attached hydrogens (tertiary/aromatic N) is 2. The molecule has 8 heteroatoms. The summed E-state index contributed by atoms with van der Waals surface area (Å²) in [6.45, 7) is 7.36. The largest absolute Gasteiger partial charge is 0.490 e. The topological polar surface area (TPSA) is 74.9 Å². The Kier molecular flexibility index (Phi) is 6.74. The molecule has 0 spiro atoms. The predicted molar refractivity (Wildman–Crippen MR) is 159 cm³/mol. The Morgan fingerprint density at radius 1 is 1.00 bits per heavy atom. The second kappa shape index (κ2) is 10.2. The molecule has 1 aromatic heterocycles. The Labute approximate surface area is 238 Å². The number of H-pyrrole nitrogens is 1. The number of aromatic amines is 1. The average molecular weight is 556 g/mol. The predicted octanol–water partition coefficient (Wildman–Crippen LogP) is 6.91. The molecule has 3 heterocycles. The Hall–Kier alpha value is -3.91. The third kappa shape index (κ3) is 3.96. The van der Waals surface area contributed by atoms with Gasteiger partial charge in [0.2, 0.25) is 0 Å². The fourth-order valence-electron chi connectivity index (χ4n) is 5.99. The highest BCUT2D eigenvalue weighted by Crippen LogP contribution is 2.51. The van der Waals surface area contributed by atoms with Gasteiger partial charge >= 0.3 is 6.03 Å². The van der Waals surface area contributed by atoms with Gasteiger partial charge in [-0.1, -0.05) is 31.2 Å². The number of hydrogen-bond acceptors (Lipinski definition) is 5. The minimum absolute atomic E-state index is 0.172. The maximum Gasteiger partial charge on any atom is 0.332 e. The third-order valence-electron chi connectivity index (χ3n) is 7.99. The molecule has 0 bridgehead atoms. The molecule has 3 aromatic carbocycles. The second-order valence-electron chi connectivity index (χ2n) is 10.3. The number of para-hydroxylation sites is 1. The number of aromatic nitrogens is 1. The minimum atomic E-state index is -1.16. The van der Waals surface area contributed by atoms with Crippen molar-refractivity contribution >= 4 is 40.3 Å². The van der Waals surface area contributed by atoms with E-state index in [0.717, 1.165) is 39.0 Å². The van der Waals surface area contributed by atoms with Gasteiger partial charge in [-0.3, -0.25) is 4.79 Å².